The van der Waals surface area contributed by atoms with Crippen LogP contribution >= 0.6 is 0 Å². The number of carbonyl (C=O) groups is 2. The summed E-state index contributed by atoms with van der Waals surface area (Å²) in [6.07, 6.45) is 1.78. The number of amides is 2. The quantitative estimate of drug-likeness (QED) is 0.901. The average molecular weight is 366 g/mol. The van der Waals surface area contributed by atoms with Crippen LogP contribution < -0.4 is 10.2 Å². The Balaban J connectivity index is 1.55. The summed E-state index contributed by atoms with van der Waals surface area (Å²) in [5, 5.41) is 2.83. The molecule has 6 nitrogen and oxygen atoms in total. The lowest BCUT2D eigenvalue weighted by Gasteiger charge is -2.36. The first-order chi connectivity index (χ1) is 12.9. The van der Waals surface area contributed by atoms with Gasteiger partial charge in [0.05, 0.1) is 0 Å². The summed E-state index contributed by atoms with van der Waals surface area (Å²) in [5.41, 5.74) is 2.65. The number of nitrogens with zero attached hydrogens (tertiary/aromatic N) is 3. The number of anilines is 1. The van der Waals surface area contributed by atoms with Gasteiger partial charge in [0.1, 0.15) is 11.9 Å². The van der Waals surface area contributed by atoms with E-state index < -0.39 is 6.04 Å². The van der Waals surface area contributed by atoms with Gasteiger partial charge in [-0.15, -0.1) is 0 Å². The standard InChI is InChI=1S/C21H26N4O2/c1-15-12-16(2)14-18(13-15)20(26)23-17(3)21(27)25-10-8-24(9-11-25)19-6-4-5-7-22-19/h4-7,12-14,17H,8-11H2,1-3H3,(H,23,26). The molecule has 1 fully saturated rings. The van der Waals surface area contributed by atoms with Crippen LogP contribution in [-0.4, -0.2) is 53.9 Å². The van der Waals surface area contributed by atoms with E-state index in [0.717, 1.165) is 30.0 Å². The first-order valence-electron chi connectivity index (χ1n) is 9.28. The summed E-state index contributed by atoms with van der Waals surface area (Å²) in [4.78, 5) is 33.5. The summed E-state index contributed by atoms with van der Waals surface area (Å²) in [7, 11) is 0. The van der Waals surface area contributed by atoms with Gasteiger partial charge in [-0.25, -0.2) is 4.98 Å². The van der Waals surface area contributed by atoms with E-state index in [9.17, 15) is 9.59 Å². The number of aromatic nitrogens is 1. The van der Waals surface area contributed by atoms with Crippen molar-refractivity contribution in [2.24, 2.45) is 0 Å². The van der Waals surface area contributed by atoms with Crippen molar-refractivity contribution in [2.75, 3.05) is 31.1 Å². The fourth-order valence-corrected chi connectivity index (χ4v) is 3.42. The molecule has 0 radical (unpaired) electrons. The number of rotatable bonds is 4. The SMILES string of the molecule is Cc1cc(C)cc(C(=O)NC(C)C(=O)N2CCN(c3ccccn3)CC2)c1. The highest BCUT2D eigenvalue weighted by Gasteiger charge is 2.26. The molecular weight excluding hydrogens is 340 g/mol. The van der Waals surface area contributed by atoms with Crippen molar-refractivity contribution in [3.63, 3.8) is 0 Å². The van der Waals surface area contributed by atoms with Crippen LogP contribution in [0, 0.1) is 13.8 Å². The third kappa shape index (κ3) is 4.64. The van der Waals surface area contributed by atoms with Crippen LogP contribution in [-0.2, 0) is 4.79 Å². The Morgan fingerprint density at radius 3 is 2.30 bits per heavy atom. The van der Waals surface area contributed by atoms with Crippen molar-refractivity contribution in [3.05, 3.63) is 59.3 Å². The van der Waals surface area contributed by atoms with Crippen LogP contribution in [0.4, 0.5) is 5.82 Å². The molecule has 2 heterocycles. The molecule has 1 aromatic carbocycles. The van der Waals surface area contributed by atoms with Crippen molar-refractivity contribution < 1.29 is 9.59 Å². The van der Waals surface area contributed by atoms with E-state index in [1.54, 1.807) is 13.1 Å². The van der Waals surface area contributed by atoms with Crippen molar-refractivity contribution in [1.29, 1.82) is 0 Å². The zero-order valence-corrected chi connectivity index (χ0v) is 16.1. The molecule has 1 aliphatic rings. The van der Waals surface area contributed by atoms with Gasteiger partial charge in [0, 0.05) is 37.9 Å². The predicted octanol–water partition coefficient (Wildman–Crippen LogP) is 2.17. The van der Waals surface area contributed by atoms with Crippen LogP contribution in [0.1, 0.15) is 28.4 Å². The maximum Gasteiger partial charge on any atom is 0.251 e. The molecule has 0 spiro atoms. The topological polar surface area (TPSA) is 65.5 Å². The molecule has 27 heavy (non-hydrogen) atoms. The van der Waals surface area contributed by atoms with Crippen LogP contribution in [0.25, 0.3) is 0 Å². The van der Waals surface area contributed by atoms with Crippen LogP contribution in [0.3, 0.4) is 0 Å². The van der Waals surface area contributed by atoms with Crippen LogP contribution in [0.2, 0.25) is 0 Å². The third-order valence-corrected chi connectivity index (χ3v) is 4.77. The summed E-state index contributed by atoms with van der Waals surface area (Å²) >= 11 is 0. The molecule has 0 saturated carbocycles. The number of benzene rings is 1. The summed E-state index contributed by atoms with van der Waals surface area (Å²) in [6.45, 7) is 8.38. The smallest absolute Gasteiger partial charge is 0.251 e. The monoisotopic (exact) mass is 366 g/mol. The summed E-state index contributed by atoms with van der Waals surface area (Å²) in [5.74, 6) is 0.670. The molecule has 1 N–H and O–H groups in total. The van der Waals surface area contributed by atoms with E-state index >= 15 is 0 Å². The highest BCUT2D eigenvalue weighted by molar-refractivity contribution is 5.97. The third-order valence-electron chi connectivity index (χ3n) is 4.77. The van der Waals surface area contributed by atoms with Crippen LogP contribution in [0.5, 0.6) is 0 Å². The van der Waals surface area contributed by atoms with Gasteiger partial charge in [0.2, 0.25) is 5.91 Å². The highest BCUT2D eigenvalue weighted by atomic mass is 16.2. The Kier molecular flexibility index (Phi) is 5.74. The maximum atomic E-state index is 12.7. The van der Waals surface area contributed by atoms with Gasteiger partial charge in [-0.05, 0) is 45.0 Å². The zero-order valence-electron chi connectivity index (χ0n) is 16.1. The Bertz CT molecular complexity index is 794. The molecule has 1 atom stereocenters. The Labute approximate surface area is 160 Å². The first kappa shape index (κ1) is 18.9. The minimum Gasteiger partial charge on any atom is -0.353 e. The average Bonchev–Trinajstić information content (AvgIpc) is 2.67. The second kappa shape index (κ2) is 8.20. The zero-order chi connectivity index (χ0) is 19.4. The van der Waals surface area contributed by atoms with Gasteiger partial charge < -0.3 is 15.1 Å². The molecule has 0 aliphatic carbocycles. The van der Waals surface area contributed by atoms with Gasteiger partial charge in [-0.1, -0.05) is 23.3 Å². The van der Waals surface area contributed by atoms with Gasteiger partial charge in [-0.3, -0.25) is 9.59 Å². The highest BCUT2D eigenvalue weighted by Crippen LogP contribution is 2.13. The number of carbonyl (C=O) groups excluding carboxylic acids is 2. The number of hydrogen-bond acceptors (Lipinski definition) is 4. The predicted molar refractivity (Wildman–Crippen MR) is 106 cm³/mol. The van der Waals surface area contributed by atoms with E-state index in [2.05, 4.69) is 15.2 Å². The molecule has 1 unspecified atom stereocenters. The van der Waals surface area contributed by atoms with E-state index in [-0.39, 0.29) is 11.8 Å². The van der Waals surface area contributed by atoms with E-state index in [1.165, 1.54) is 0 Å². The largest absolute Gasteiger partial charge is 0.353 e. The Hall–Kier alpha value is -2.89. The first-order valence-corrected chi connectivity index (χ1v) is 9.28. The number of hydrogen-bond donors (Lipinski definition) is 1. The molecule has 2 aromatic rings. The molecular formula is C21H26N4O2. The van der Waals surface area contributed by atoms with Crippen molar-refractivity contribution in [1.82, 2.24) is 15.2 Å². The van der Waals surface area contributed by atoms with Gasteiger partial charge in [0.25, 0.3) is 5.91 Å². The van der Waals surface area contributed by atoms with Crippen LogP contribution in [0.15, 0.2) is 42.6 Å². The number of piperazine rings is 1. The van der Waals surface area contributed by atoms with E-state index in [1.807, 2.05) is 55.1 Å². The van der Waals surface area contributed by atoms with E-state index in [0.29, 0.717) is 18.7 Å². The fraction of sp³-hybridized carbons (Fsp3) is 0.381. The van der Waals surface area contributed by atoms with Crippen molar-refractivity contribution >= 4 is 17.6 Å². The molecule has 1 saturated heterocycles. The lowest BCUT2D eigenvalue weighted by molar-refractivity contribution is -0.133. The van der Waals surface area contributed by atoms with Crippen molar-refractivity contribution in [3.8, 4) is 0 Å². The fourth-order valence-electron chi connectivity index (χ4n) is 3.42. The summed E-state index contributed by atoms with van der Waals surface area (Å²) in [6, 6.07) is 11.0. The molecule has 3 rings (SSSR count). The molecule has 1 aliphatic heterocycles. The molecule has 1 aromatic heterocycles. The Morgan fingerprint density at radius 2 is 1.70 bits per heavy atom. The lowest BCUT2D eigenvalue weighted by atomic mass is 10.1. The maximum absolute atomic E-state index is 12.7. The summed E-state index contributed by atoms with van der Waals surface area (Å²) < 4.78 is 0. The minimum atomic E-state index is -0.556. The second-order valence-corrected chi connectivity index (χ2v) is 7.07. The van der Waals surface area contributed by atoms with Gasteiger partial charge in [-0.2, -0.15) is 0 Å². The number of aryl methyl sites for hydroxylation is 2. The second-order valence-electron chi connectivity index (χ2n) is 7.07. The minimum absolute atomic E-state index is 0.0478. The molecule has 0 bridgehead atoms. The molecule has 2 amide bonds. The number of pyridine rings is 1. The molecule has 6 heteroatoms. The normalized spacial score (nSPS) is 15.4. The van der Waals surface area contributed by atoms with Crippen molar-refractivity contribution in [2.45, 2.75) is 26.8 Å². The van der Waals surface area contributed by atoms with Gasteiger partial charge >= 0.3 is 0 Å². The number of nitrogens with one attached hydrogen (secondary N) is 1. The van der Waals surface area contributed by atoms with E-state index in [4.69, 9.17) is 0 Å². The molecule has 142 valence electrons. The Morgan fingerprint density at radius 1 is 1.04 bits per heavy atom. The van der Waals surface area contributed by atoms with Gasteiger partial charge in [0.15, 0.2) is 0 Å². The lowest BCUT2D eigenvalue weighted by Crippen LogP contribution is -2.54.